The molecule has 1 heterocycles. The van der Waals surface area contributed by atoms with Crippen molar-refractivity contribution in [3.63, 3.8) is 0 Å². The molecular formula is C26H46BClI6K2O5S10+. The molecule has 1 aliphatic heterocycles. The van der Waals surface area contributed by atoms with Crippen molar-refractivity contribution in [1.29, 1.82) is 2.67 Å². The van der Waals surface area contributed by atoms with Crippen LogP contribution in [0.5, 0.6) is 0 Å². The number of epoxide rings is 1. The minimum Gasteiger partial charge on any atom is -0.870 e. The third-order valence-electron chi connectivity index (χ3n) is 3.12. The first-order valence-electron chi connectivity index (χ1n) is 13.6. The Bertz CT molecular complexity index is 905. The number of thiol groups is 1. The van der Waals surface area contributed by atoms with Crippen LogP contribution in [-0.2, 0) is 42.5 Å². The minimum absolute atomic E-state index is 0. The summed E-state index contributed by atoms with van der Waals surface area (Å²) in [6.07, 6.45) is 0. The van der Waals surface area contributed by atoms with Gasteiger partial charge >= 0.3 is 103 Å². The van der Waals surface area contributed by atoms with Gasteiger partial charge in [0.15, 0.2) is 0 Å². The van der Waals surface area contributed by atoms with Crippen LogP contribution in [0.15, 0.2) is 60.7 Å². The van der Waals surface area contributed by atoms with Crippen LogP contribution in [0.2, 0.25) is 0 Å². The van der Waals surface area contributed by atoms with Gasteiger partial charge in [-0.15, -0.1) is 94.8 Å². The van der Waals surface area contributed by atoms with Crippen LogP contribution in [0, 0.1) is 0 Å². The van der Waals surface area contributed by atoms with E-state index < -0.39 is 0 Å². The molecule has 0 unspecified atom stereocenters. The van der Waals surface area contributed by atoms with Gasteiger partial charge in [-0.1, -0.05) is 97.3 Å². The average Bonchev–Trinajstić information content (AvgIpc) is 4.04. The third-order valence-corrected chi connectivity index (χ3v) is 7.71. The Morgan fingerprint density at radius 1 is 0.922 bits per heavy atom. The van der Waals surface area contributed by atoms with Crippen LogP contribution in [-0.4, -0.2) is 93.5 Å². The number of hydrogen-bond donors (Lipinski definition) is 4. The van der Waals surface area contributed by atoms with E-state index in [1.54, 1.807) is 23.5 Å². The van der Waals surface area contributed by atoms with Crippen molar-refractivity contribution in [3.05, 3.63) is 71.8 Å². The summed E-state index contributed by atoms with van der Waals surface area (Å²) in [6.45, 7) is 2.53. The molecule has 5 nitrogen and oxygen atoms in total. The van der Waals surface area contributed by atoms with Gasteiger partial charge in [-0.2, -0.15) is 12.6 Å². The number of ether oxygens (including phenoxy) is 1. The first-order chi connectivity index (χ1) is 23.3. The summed E-state index contributed by atoms with van der Waals surface area (Å²) in [4.78, 5) is 0. The molecule has 1 saturated heterocycles. The maximum absolute atomic E-state index is 8.61. The Labute approximate surface area is 537 Å². The van der Waals surface area contributed by atoms with Crippen molar-refractivity contribution in [1.82, 2.24) is 0 Å². The Morgan fingerprint density at radius 2 is 1.24 bits per heavy atom. The molecule has 0 aromatic heterocycles. The first-order valence-corrected chi connectivity index (χ1v) is 30.2. The van der Waals surface area contributed by atoms with Gasteiger partial charge in [-0.3, -0.25) is 0 Å². The summed E-state index contributed by atoms with van der Waals surface area (Å²) in [5.41, 5.74) is 2.46. The molecule has 2 aromatic carbocycles. The van der Waals surface area contributed by atoms with Crippen LogP contribution >= 0.6 is 231 Å². The maximum atomic E-state index is 8.61. The molecule has 3 rings (SSSR count). The molecule has 1 fully saturated rings. The summed E-state index contributed by atoms with van der Waals surface area (Å²) in [5, 5.41) is 24.6. The van der Waals surface area contributed by atoms with E-state index in [0.717, 1.165) is 22.5 Å². The first kappa shape index (κ1) is 83.2. The second-order valence-corrected chi connectivity index (χ2v) is 13.5. The van der Waals surface area contributed by atoms with Gasteiger partial charge < -0.3 is 50.4 Å². The Hall–Kier alpha value is 8.62. The molecule has 4 N–H and O–H groups in total. The molecule has 0 saturated carbocycles. The van der Waals surface area contributed by atoms with E-state index in [2.05, 4.69) is 153 Å². The zero-order valence-corrected chi connectivity index (χ0v) is 57.0. The molecule has 0 amide bonds. The number of alkyl halides is 1. The molecule has 25 heteroatoms. The summed E-state index contributed by atoms with van der Waals surface area (Å²) < 4.78 is 25.1. The summed E-state index contributed by atoms with van der Waals surface area (Å²) in [7, 11) is 1.75. The SMILES string of the molecule is C1CO1.ClCc1ccccc1.I.I.II.II.OCCS.OCCSC(=S)SCc1ccccc1.OCCSC(=S)[S-].S=C=S.[2H][B][3H].[3H]C.[K+].[K+].[OH-].[SH3+]. The summed E-state index contributed by atoms with van der Waals surface area (Å²) in [6, 6.07) is 20.2. The van der Waals surface area contributed by atoms with E-state index >= 15 is 0 Å². The zero-order valence-electron chi connectivity index (χ0n) is 31.1. The van der Waals surface area contributed by atoms with Gasteiger partial charge in [0, 0.05) is 109 Å². The summed E-state index contributed by atoms with van der Waals surface area (Å²) >= 11 is 44.3. The van der Waals surface area contributed by atoms with Gasteiger partial charge in [0.25, 0.3) is 0 Å². The number of thiocarbonyl (C=S) groups is 4. The number of benzene rings is 2. The average molecular weight is 1650 g/mol. The summed E-state index contributed by atoms with van der Waals surface area (Å²) in [5.74, 6) is 3.42. The monoisotopic (exact) mass is 1650 g/mol. The quantitative estimate of drug-likeness (QED) is 0.0441. The van der Waals surface area contributed by atoms with Crippen molar-refractivity contribution in [2.24, 2.45) is 0 Å². The van der Waals surface area contributed by atoms with Crippen molar-refractivity contribution in [2.45, 2.75) is 19.0 Å². The Kier molecular flexibility index (Phi) is 153. The second-order valence-electron chi connectivity index (χ2n) is 6.18. The van der Waals surface area contributed by atoms with Gasteiger partial charge in [0.2, 0.25) is 0 Å². The van der Waals surface area contributed by atoms with Gasteiger partial charge in [0.1, 0.15) is 3.53 Å². The molecule has 293 valence electrons. The van der Waals surface area contributed by atoms with E-state index in [0.29, 0.717) is 35.0 Å². The molecule has 0 atom stereocenters. The fraction of sp³-hybridized carbons (Fsp3) is 0.423. The fourth-order valence-electron chi connectivity index (χ4n) is 1.58. The van der Waals surface area contributed by atoms with E-state index in [1.165, 1.54) is 30.3 Å². The molecular weight excluding hydrogens is 1600 g/mol. The van der Waals surface area contributed by atoms with Crippen LogP contribution in [0.25, 0.3) is 0 Å². The van der Waals surface area contributed by atoms with Gasteiger partial charge in [-0.05, 0) is 38.2 Å². The van der Waals surface area contributed by atoms with E-state index in [-0.39, 0.29) is 190 Å². The molecule has 1 radical (unpaired) electrons. The molecule has 51 heavy (non-hydrogen) atoms. The van der Waals surface area contributed by atoms with E-state index in [1.807, 2.05) is 52.8 Å². The van der Waals surface area contributed by atoms with Gasteiger partial charge in [0.05, 0.1) is 41.4 Å². The second kappa shape index (κ2) is 93.5. The number of rotatable bonds is 8. The number of aliphatic hydroxyl groups excluding tert-OH is 3. The largest absolute Gasteiger partial charge is 1.00 e. The number of aliphatic hydroxyl groups is 3. The Balaban J connectivity index is -0.0000000338. The van der Waals surface area contributed by atoms with Crippen molar-refractivity contribution >= 4 is 277 Å². The van der Waals surface area contributed by atoms with Gasteiger partial charge in [-0.25, -0.2) is 0 Å². The van der Waals surface area contributed by atoms with Crippen molar-refractivity contribution in [3.8, 4) is 0 Å². The predicted molar refractivity (Wildman–Crippen MR) is 313 cm³/mol. The zero-order chi connectivity index (χ0) is 38.7. The fourth-order valence-corrected chi connectivity index (χ4v) is 4.44. The van der Waals surface area contributed by atoms with Crippen LogP contribution in [0.4, 0.5) is 0 Å². The number of halogens is 7. The topological polar surface area (TPSA) is 103 Å². The normalized spacial score (nSPS) is 8.24. The standard InChI is InChI=1S/C10H12OS3.C7H7Cl.C3H6OS3.C2H6OS.C2H4O.CS2.CH4.BH2.2I2.2HI.2K.H2O.H2S/c11-6-7-13-10(12)14-8-9-4-2-1-3-5-9;8-6-7-4-2-1-3-5-7;4-1-2-7-3(5)6;3-1-2-4;1-2-3-1;2-1-3;;;2*1-2;;;;;;/h1-5,11H,6-8H2;1-5H,6H2;4H,1-2H2,(H,5,6);3-4H,1-2H2;1-2H2;;1H4;1H2;;;2*1H;;;2*1H2/q;;;;;;;;;;;;2*+1;;/p-1/i;;;;;;1T;1TD;;;;;;;;. The smallest absolute Gasteiger partial charge is 0.870 e. The van der Waals surface area contributed by atoms with Crippen molar-refractivity contribution in [2.75, 3.05) is 50.3 Å². The maximum Gasteiger partial charge on any atom is 1.00 e. The van der Waals surface area contributed by atoms with Crippen molar-refractivity contribution < 1.29 is 130 Å². The van der Waals surface area contributed by atoms with Crippen LogP contribution in [0.1, 0.15) is 19.9 Å². The number of hydrogen-bond acceptors (Lipinski definition) is 14. The molecule has 0 aliphatic carbocycles. The molecule has 1 aliphatic rings. The molecule has 0 bridgehead atoms. The van der Waals surface area contributed by atoms with E-state index in [4.69, 9.17) is 43.2 Å². The third kappa shape index (κ3) is 108. The number of thioether (sulfide) groups is 3. The molecule has 2 aromatic rings. The van der Waals surface area contributed by atoms with Crippen LogP contribution < -0.4 is 103 Å². The predicted octanol–water partition coefficient (Wildman–Crippen LogP) is 4.37. The molecule has 0 spiro atoms. The Morgan fingerprint density at radius 3 is 1.45 bits per heavy atom. The van der Waals surface area contributed by atoms with E-state index in [9.17, 15) is 0 Å². The van der Waals surface area contributed by atoms with Crippen LogP contribution in [0.3, 0.4) is 0 Å². The minimum atomic E-state index is 0.